The third-order valence-corrected chi connectivity index (χ3v) is 2.81. The van der Waals surface area contributed by atoms with Gasteiger partial charge < -0.3 is 14.9 Å². The van der Waals surface area contributed by atoms with E-state index in [1.54, 1.807) is 6.92 Å². The van der Waals surface area contributed by atoms with Gasteiger partial charge in [0.15, 0.2) is 11.5 Å². The molecule has 2 N–H and O–H groups in total. The van der Waals surface area contributed by atoms with Gasteiger partial charge in [-0.3, -0.25) is 0 Å². The van der Waals surface area contributed by atoms with E-state index in [1.165, 1.54) is 14.0 Å². The highest BCUT2D eigenvalue weighted by Crippen LogP contribution is 2.40. The molecular weight excluding hydrogens is 220 g/mol. The van der Waals surface area contributed by atoms with Gasteiger partial charge in [0.2, 0.25) is 0 Å². The lowest BCUT2D eigenvalue weighted by molar-refractivity contribution is 0.0692. The van der Waals surface area contributed by atoms with Gasteiger partial charge in [-0.15, -0.1) is 0 Å². The molecule has 0 fully saturated rings. The molecule has 0 saturated carbocycles. The maximum absolute atomic E-state index is 10.9. The van der Waals surface area contributed by atoms with E-state index in [2.05, 4.69) is 0 Å². The molecule has 4 nitrogen and oxygen atoms in total. The third kappa shape index (κ3) is 1.72. The number of aromatic carboxylic acids is 1. The molecule has 0 amide bonds. The normalized spacial score (nSPS) is 10.1. The van der Waals surface area contributed by atoms with Crippen molar-refractivity contribution in [2.24, 2.45) is 0 Å². The minimum Gasteiger partial charge on any atom is -0.504 e. The summed E-state index contributed by atoms with van der Waals surface area (Å²) in [6, 6.07) is 0. The number of benzene rings is 1. The van der Waals surface area contributed by atoms with E-state index in [-0.39, 0.29) is 17.1 Å². The van der Waals surface area contributed by atoms with E-state index in [0.717, 1.165) is 0 Å². The van der Waals surface area contributed by atoms with Gasteiger partial charge in [0.25, 0.3) is 0 Å². The monoisotopic (exact) mass is 230 g/mol. The van der Waals surface area contributed by atoms with E-state index in [4.69, 9.17) is 21.4 Å². The number of hydrogen-bond donors (Lipinski definition) is 2. The standard InChI is InChI=1S/C10H11ClO4/c1-4-6(10(13)14)8(12)9(15-3)5(2)7(4)11/h12H,1-3H3,(H,13,14). The average Bonchev–Trinajstić information content (AvgIpc) is 2.15. The van der Waals surface area contributed by atoms with Gasteiger partial charge in [0, 0.05) is 5.56 Å². The molecular formula is C10H11ClO4. The van der Waals surface area contributed by atoms with Crippen molar-refractivity contribution in [3.63, 3.8) is 0 Å². The Balaban J connectivity index is 3.68. The summed E-state index contributed by atoms with van der Waals surface area (Å²) in [4.78, 5) is 10.9. The van der Waals surface area contributed by atoms with Crippen LogP contribution < -0.4 is 4.74 Å². The quantitative estimate of drug-likeness (QED) is 0.819. The predicted molar refractivity (Wildman–Crippen MR) is 56.1 cm³/mol. The van der Waals surface area contributed by atoms with E-state index in [0.29, 0.717) is 16.1 Å². The minimum absolute atomic E-state index is 0.100. The van der Waals surface area contributed by atoms with Crippen molar-refractivity contribution in [3.05, 3.63) is 21.7 Å². The van der Waals surface area contributed by atoms with Gasteiger partial charge in [-0.2, -0.15) is 0 Å². The maximum Gasteiger partial charge on any atom is 0.339 e. The first-order chi connectivity index (χ1) is 6.91. The fourth-order valence-corrected chi connectivity index (χ4v) is 1.65. The Labute approximate surface area is 92.1 Å². The van der Waals surface area contributed by atoms with E-state index in [9.17, 15) is 9.90 Å². The second-order valence-electron chi connectivity index (χ2n) is 3.13. The van der Waals surface area contributed by atoms with Crippen LogP contribution in [0.1, 0.15) is 21.5 Å². The number of carboxylic acid groups (broad SMARTS) is 1. The summed E-state index contributed by atoms with van der Waals surface area (Å²) >= 11 is 5.93. The van der Waals surface area contributed by atoms with Gasteiger partial charge in [-0.05, 0) is 19.4 Å². The molecule has 0 aliphatic heterocycles. The maximum atomic E-state index is 10.9. The number of carbonyl (C=O) groups is 1. The van der Waals surface area contributed by atoms with Crippen molar-refractivity contribution >= 4 is 17.6 Å². The number of aromatic hydroxyl groups is 1. The Morgan fingerprint density at radius 3 is 2.27 bits per heavy atom. The van der Waals surface area contributed by atoms with E-state index in [1.807, 2.05) is 0 Å². The molecule has 0 aliphatic rings. The summed E-state index contributed by atoms with van der Waals surface area (Å²) in [5, 5.41) is 18.9. The lowest BCUT2D eigenvalue weighted by Gasteiger charge is -2.14. The van der Waals surface area contributed by atoms with Crippen LogP contribution in [0.5, 0.6) is 11.5 Å². The molecule has 0 radical (unpaired) electrons. The molecule has 1 rings (SSSR count). The Bertz CT molecular complexity index is 426. The lowest BCUT2D eigenvalue weighted by Crippen LogP contribution is -2.04. The number of methoxy groups -OCH3 is 1. The molecule has 0 spiro atoms. The van der Waals surface area contributed by atoms with Crippen LogP contribution >= 0.6 is 11.6 Å². The largest absolute Gasteiger partial charge is 0.504 e. The Morgan fingerprint density at radius 2 is 1.87 bits per heavy atom. The molecule has 0 atom stereocenters. The summed E-state index contributed by atoms with van der Waals surface area (Å²) in [6.45, 7) is 3.19. The van der Waals surface area contributed by atoms with Crippen molar-refractivity contribution in [3.8, 4) is 11.5 Å². The highest BCUT2D eigenvalue weighted by molar-refractivity contribution is 6.33. The molecule has 0 aliphatic carbocycles. The summed E-state index contributed by atoms with van der Waals surface area (Å²) in [7, 11) is 1.35. The number of rotatable bonds is 2. The van der Waals surface area contributed by atoms with Crippen molar-refractivity contribution in [1.29, 1.82) is 0 Å². The van der Waals surface area contributed by atoms with Crippen molar-refractivity contribution in [1.82, 2.24) is 0 Å². The van der Waals surface area contributed by atoms with Crippen LogP contribution in [-0.2, 0) is 0 Å². The summed E-state index contributed by atoms with van der Waals surface area (Å²) < 4.78 is 4.90. The minimum atomic E-state index is -1.23. The zero-order valence-electron chi connectivity index (χ0n) is 8.59. The zero-order valence-corrected chi connectivity index (χ0v) is 9.34. The second kappa shape index (κ2) is 3.98. The zero-order chi connectivity index (χ0) is 11.7. The number of carboxylic acids is 1. The molecule has 0 aromatic heterocycles. The molecule has 1 aromatic carbocycles. The van der Waals surface area contributed by atoms with Crippen LogP contribution in [0.25, 0.3) is 0 Å². The first-order valence-corrected chi connectivity index (χ1v) is 4.58. The molecule has 0 saturated heterocycles. The van der Waals surface area contributed by atoms with Crippen molar-refractivity contribution in [2.45, 2.75) is 13.8 Å². The molecule has 1 aromatic rings. The van der Waals surface area contributed by atoms with Crippen LogP contribution in [0.2, 0.25) is 5.02 Å². The molecule has 0 unspecified atom stereocenters. The molecule has 5 heteroatoms. The van der Waals surface area contributed by atoms with Crippen LogP contribution in [0, 0.1) is 13.8 Å². The van der Waals surface area contributed by atoms with Gasteiger partial charge in [0.05, 0.1) is 12.1 Å². The Morgan fingerprint density at radius 1 is 1.33 bits per heavy atom. The van der Waals surface area contributed by atoms with Crippen LogP contribution in [-0.4, -0.2) is 23.3 Å². The number of ether oxygens (including phenoxy) is 1. The average molecular weight is 231 g/mol. The fraction of sp³-hybridized carbons (Fsp3) is 0.300. The number of halogens is 1. The van der Waals surface area contributed by atoms with Gasteiger partial charge >= 0.3 is 5.97 Å². The summed E-state index contributed by atoms with van der Waals surface area (Å²) in [5.74, 6) is -1.52. The van der Waals surface area contributed by atoms with Gasteiger partial charge in [-0.25, -0.2) is 4.79 Å². The number of phenols is 1. The predicted octanol–water partition coefficient (Wildman–Crippen LogP) is 2.37. The topological polar surface area (TPSA) is 66.8 Å². The van der Waals surface area contributed by atoms with Crippen LogP contribution in [0.3, 0.4) is 0 Å². The fourth-order valence-electron chi connectivity index (χ4n) is 1.47. The molecule has 82 valence electrons. The van der Waals surface area contributed by atoms with Crippen LogP contribution in [0.15, 0.2) is 0 Å². The molecule has 0 heterocycles. The van der Waals surface area contributed by atoms with Gasteiger partial charge in [0.1, 0.15) is 5.56 Å². The van der Waals surface area contributed by atoms with E-state index < -0.39 is 5.97 Å². The summed E-state index contributed by atoms with van der Waals surface area (Å²) in [5.41, 5.74) is 0.640. The highest BCUT2D eigenvalue weighted by atomic mass is 35.5. The Kier molecular flexibility index (Phi) is 3.09. The SMILES string of the molecule is COc1c(C)c(Cl)c(C)c(C(=O)O)c1O. The highest BCUT2D eigenvalue weighted by Gasteiger charge is 2.23. The molecule has 0 bridgehead atoms. The van der Waals surface area contributed by atoms with Crippen molar-refractivity contribution < 1.29 is 19.7 Å². The number of hydrogen-bond acceptors (Lipinski definition) is 3. The van der Waals surface area contributed by atoms with E-state index >= 15 is 0 Å². The second-order valence-corrected chi connectivity index (χ2v) is 3.50. The van der Waals surface area contributed by atoms with Crippen molar-refractivity contribution in [2.75, 3.05) is 7.11 Å². The van der Waals surface area contributed by atoms with Crippen LogP contribution in [0.4, 0.5) is 0 Å². The Hall–Kier alpha value is -1.42. The first-order valence-electron chi connectivity index (χ1n) is 4.20. The first kappa shape index (κ1) is 11.7. The smallest absolute Gasteiger partial charge is 0.339 e. The lowest BCUT2D eigenvalue weighted by atomic mass is 10.0. The third-order valence-electron chi connectivity index (χ3n) is 2.24. The van der Waals surface area contributed by atoms with Gasteiger partial charge in [-0.1, -0.05) is 11.6 Å². The molecule has 15 heavy (non-hydrogen) atoms. The summed E-state index contributed by atoms with van der Waals surface area (Å²) in [6.07, 6.45) is 0.